The lowest BCUT2D eigenvalue weighted by Gasteiger charge is -2.11. The Kier molecular flexibility index (Phi) is 4.00. The summed E-state index contributed by atoms with van der Waals surface area (Å²) in [5.74, 6) is 1.55. The first-order chi connectivity index (χ1) is 10.2. The zero-order valence-electron chi connectivity index (χ0n) is 11.4. The van der Waals surface area contributed by atoms with E-state index in [1.165, 1.54) is 0 Å². The number of ether oxygens (including phenoxy) is 1. The molecule has 21 heavy (non-hydrogen) atoms. The summed E-state index contributed by atoms with van der Waals surface area (Å²) in [4.78, 5) is 4.38. The maximum atomic E-state index is 6.18. The van der Waals surface area contributed by atoms with Gasteiger partial charge in [-0.25, -0.2) is 4.98 Å². The van der Waals surface area contributed by atoms with Gasteiger partial charge in [-0.3, -0.25) is 0 Å². The van der Waals surface area contributed by atoms with Gasteiger partial charge in [0.2, 0.25) is 5.88 Å². The van der Waals surface area contributed by atoms with Gasteiger partial charge in [-0.1, -0.05) is 35.9 Å². The fourth-order valence-corrected chi connectivity index (χ4v) is 2.58. The maximum absolute atomic E-state index is 6.18. The number of alkyl halides is 1. The minimum atomic E-state index is 0.416. The van der Waals surface area contributed by atoms with Crippen LogP contribution in [0.3, 0.4) is 0 Å². The highest BCUT2D eigenvalue weighted by atomic mass is 35.5. The fourth-order valence-electron chi connectivity index (χ4n) is 2.21. The number of halogens is 2. The molecule has 0 aliphatic carbocycles. The van der Waals surface area contributed by atoms with Gasteiger partial charge in [0.1, 0.15) is 5.75 Å². The van der Waals surface area contributed by atoms with E-state index in [-0.39, 0.29) is 0 Å². The molecule has 0 saturated carbocycles. The highest BCUT2D eigenvalue weighted by molar-refractivity contribution is 6.32. The number of aromatic nitrogens is 1. The number of aryl methyl sites for hydroxylation is 1. The van der Waals surface area contributed by atoms with Gasteiger partial charge in [-0.15, -0.1) is 11.6 Å². The highest BCUT2D eigenvalue weighted by Gasteiger charge is 2.10. The first-order valence-electron chi connectivity index (χ1n) is 6.55. The molecule has 0 spiro atoms. The van der Waals surface area contributed by atoms with Crippen molar-refractivity contribution in [1.82, 2.24) is 4.98 Å². The molecule has 1 aromatic heterocycles. The summed E-state index contributed by atoms with van der Waals surface area (Å²) in [5.41, 5.74) is 2.06. The molecular weight excluding hydrogens is 305 g/mol. The van der Waals surface area contributed by atoms with E-state index >= 15 is 0 Å². The molecule has 0 amide bonds. The second kappa shape index (κ2) is 5.92. The lowest BCUT2D eigenvalue weighted by atomic mass is 10.1. The lowest BCUT2D eigenvalue weighted by molar-refractivity contribution is 0.469. The summed E-state index contributed by atoms with van der Waals surface area (Å²) in [6.45, 7) is 1.99. The molecule has 0 bridgehead atoms. The molecule has 0 atom stereocenters. The smallest absolute Gasteiger partial charge is 0.227 e. The van der Waals surface area contributed by atoms with Crippen LogP contribution in [0.15, 0.2) is 48.7 Å². The number of fused-ring (bicyclic) bond motifs is 1. The van der Waals surface area contributed by atoms with Crippen molar-refractivity contribution in [2.75, 3.05) is 0 Å². The Hall–Kier alpha value is -1.77. The zero-order chi connectivity index (χ0) is 14.8. The summed E-state index contributed by atoms with van der Waals surface area (Å²) in [6, 6.07) is 13.6. The van der Waals surface area contributed by atoms with Gasteiger partial charge in [0, 0.05) is 17.5 Å². The summed E-state index contributed by atoms with van der Waals surface area (Å²) >= 11 is 12.1. The number of hydrogen-bond acceptors (Lipinski definition) is 2. The van der Waals surface area contributed by atoms with Crippen LogP contribution in [0.5, 0.6) is 11.6 Å². The first kappa shape index (κ1) is 14.2. The summed E-state index contributed by atoms with van der Waals surface area (Å²) in [5, 5.41) is 2.53. The van der Waals surface area contributed by atoms with E-state index in [0.29, 0.717) is 22.5 Å². The van der Waals surface area contributed by atoms with Gasteiger partial charge >= 0.3 is 0 Å². The average Bonchev–Trinajstić information content (AvgIpc) is 2.51. The first-order valence-corrected chi connectivity index (χ1v) is 7.47. The van der Waals surface area contributed by atoms with Gasteiger partial charge in [0.15, 0.2) is 0 Å². The van der Waals surface area contributed by atoms with Crippen molar-refractivity contribution in [3.63, 3.8) is 0 Å². The van der Waals surface area contributed by atoms with E-state index in [1.54, 1.807) is 6.20 Å². The van der Waals surface area contributed by atoms with Crippen molar-refractivity contribution in [3.05, 3.63) is 64.8 Å². The monoisotopic (exact) mass is 317 g/mol. The van der Waals surface area contributed by atoms with Crippen LogP contribution in [0.1, 0.15) is 11.1 Å². The minimum absolute atomic E-state index is 0.416. The number of hydrogen-bond donors (Lipinski definition) is 0. The molecule has 106 valence electrons. The highest BCUT2D eigenvalue weighted by Crippen LogP contribution is 2.34. The third kappa shape index (κ3) is 2.82. The number of nitrogens with zero attached hydrogens (tertiary/aromatic N) is 1. The van der Waals surface area contributed by atoms with E-state index in [1.807, 2.05) is 49.4 Å². The van der Waals surface area contributed by atoms with Crippen molar-refractivity contribution in [1.29, 1.82) is 0 Å². The minimum Gasteiger partial charge on any atom is -0.437 e. The van der Waals surface area contributed by atoms with Crippen molar-refractivity contribution >= 4 is 34.0 Å². The molecule has 0 aliphatic heterocycles. The van der Waals surface area contributed by atoms with Gasteiger partial charge in [-0.05, 0) is 41.6 Å². The van der Waals surface area contributed by atoms with Gasteiger partial charge < -0.3 is 4.74 Å². The van der Waals surface area contributed by atoms with Crippen molar-refractivity contribution in [2.45, 2.75) is 12.8 Å². The van der Waals surface area contributed by atoms with Gasteiger partial charge in [0.05, 0.1) is 5.02 Å². The maximum Gasteiger partial charge on any atom is 0.227 e. The molecule has 0 saturated heterocycles. The largest absolute Gasteiger partial charge is 0.437 e. The van der Waals surface area contributed by atoms with Crippen LogP contribution in [0.25, 0.3) is 10.8 Å². The normalized spacial score (nSPS) is 10.8. The van der Waals surface area contributed by atoms with Gasteiger partial charge in [0.25, 0.3) is 0 Å². The van der Waals surface area contributed by atoms with Crippen molar-refractivity contribution in [2.24, 2.45) is 0 Å². The van der Waals surface area contributed by atoms with Gasteiger partial charge in [-0.2, -0.15) is 0 Å². The van der Waals surface area contributed by atoms with Crippen LogP contribution in [0, 0.1) is 6.92 Å². The third-order valence-electron chi connectivity index (χ3n) is 3.28. The van der Waals surface area contributed by atoms with E-state index in [4.69, 9.17) is 27.9 Å². The molecular formula is C17H13Cl2NO. The number of benzene rings is 2. The Labute approximate surface area is 133 Å². The molecule has 0 unspecified atom stereocenters. The molecule has 0 N–H and O–H groups in total. The molecule has 0 aliphatic rings. The Morgan fingerprint density at radius 3 is 2.62 bits per heavy atom. The molecule has 3 aromatic rings. The number of pyridine rings is 1. The standard InChI is InChI=1S/C17H13Cl2NO/c1-11-6-7-15(19)16(8-11)21-17-14-5-3-2-4-13(14)12(9-18)10-20-17/h2-8,10H,9H2,1H3. The predicted molar refractivity (Wildman–Crippen MR) is 87.6 cm³/mol. The second-order valence-corrected chi connectivity index (χ2v) is 5.48. The number of rotatable bonds is 3. The SMILES string of the molecule is Cc1ccc(Cl)c(Oc2ncc(CCl)c3ccccc23)c1. The van der Waals surface area contributed by atoms with Crippen LogP contribution in [-0.2, 0) is 5.88 Å². The predicted octanol–water partition coefficient (Wildman–Crippen LogP) is 5.73. The summed E-state index contributed by atoms with van der Waals surface area (Å²) < 4.78 is 5.92. The third-order valence-corrected chi connectivity index (χ3v) is 3.88. The topological polar surface area (TPSA) is 22.1 Å². The zero-order valence-corrected chi connectivity index (χ0v) is 12.9. The molecule has 3 rings (SSSR count). The fraction of sp³-hybridized carbons (Fsp3) is 0.118. The van der Waals surface area contributed by atoms with E-state index in [2.05, 4.69) is 4.98 Å². The summed E-state index contributed by atoms with van der Waals surface area (Å²) in [7, 11) is 0. The van der Waals surface area contributed by atoms with E-state index in [0.717, 1.165) is 21.9 Å². The van der Waals surface area contributed by atoms with Crippen molar-refractivity contribution < 1.29 is 4.74 Å². The Balaban J connectivity index is 2.11. The Morgan fingerprint density at radius 1 is 1.10 bits per heavy atom. The molecule has 0 fully saturated rings. The lowest BCUT2D eigenvalue weighted by Crippen LogP contribution is -1.93. The van der Waals surface area contributed by atoms with Crippen molar-refractivity contribution in [3.8, 4) is 11.6 Å². The average molecular weight is 318 g/mol. The molecule has 4 heteroatoms. The van der Waals surface area contributed by atoms with Crippen LogP contribution in [0.2, 0.25) is 5.02 Å². The van der Waals surface area contributed by atoms with E-state index in [9.17, 15) is 0 Å². The molecule has 0 radical (unpaired) electrons. The molecule has 1 heterocycles. The Morgan fingerprint density at radius 2 is 1.86 bits per heavy atom. The van der Waals surface area contributed by atoms with Crippen LogP contribution >= 0.6 is 23.2 Å². The quantitative estimate of drug-likeness (QED) is 0.576. The van der Waals surface area contributed by atoms with Crippen LogP contribution < -0.4 is 4.74 Å². The second-order valence-electron chi connectivity index (χ2n) is 4.80. The van der Waals surface area contributed by atoms with E-state index < -0.39 is 0 Å². The molecule has 2 nitrogen and oxygen atoms in total. The molecule has 2 aromatic carbocycles. The summed E-state index contributed by atoms with van der Waals surface area (Å²) in [6.07, 6.45) is 1.74. The van der Waals surface area contributed by atoms with Crippen LogP contribution in [0.4, 0.5) is 0 Å². The Bertz CT molecular complexity index is 802. The van der Waals surface area contributed by atoms with Crippen LogP contribution in [-0.4, -0.2) is 4.98 Å².